The number of nitrogens with one attached hydrogen (secondary N) is 2. The van der Waals surface area contributed by atoms with E-state index in [1.54, 1.807) is 0 Å². The average Bonchev–Trinajstić information content (AvgIpc) is 2.84. The van der Waals surface area contributed by atoms with Gasteiger partial charge in [0, 0.05) is 20.2 Å². The van der Waals surface area contributed by atoms with Crippen molar-refractivity contribution >= 4 is 20.0 Å². The average molecular weight is 335 g/mol. The van der Waals surface area contributed by atoms with E-state index in [1.807, 2.05) is 0 Å². The molecule has 0 spiro atoms. The lowest BCUT2D eigenvalue weighted by Gasteiger charge is -2.18. The Kier molecular flexibility index (Phi) is 4.66. The molecule has 0 amide bonds. The molecule has 1 aliphatic heterocycles. The van der Waals surface area contributed by atoms with E-state index < -0.39 is 26.1 Å². The van der Waals surface area contributed by atoms with Gasteiger partial charge in [0.1, 0.15) is 0 Å². The van der Waals surface area contributed by atoms with Crippen molar-refractivity contribution in [2.75, 3.05) is 20.2 Å². The first-order chi connectivity index (χ1) is 9.74. The van der Waals surface area contributed by atoms with E-state index in [4.69, 9.17) is 9.88 Å². The Hall–Kier alpha value is -1.04. The molecular weight excluding hydrogens is 318 g/mol. The van der Waals surface area contributed by atoms with Gasteiger partial charge in [0.05, 0.1) is 21.9 Å². The Morgan fingerprint density at radius 2 is 1.90 bits per heavy atom. The van der Waals surface area contributed by atoms with Crippen LogP contribution >= 0.6 is 0 Å². The topological polar surface area (TPSA) is 128 Å². The summed E-state index contributed by atoms with van der Waals surface area (Å²) in [6.45, 7) is 0.980. The van der Waals surface area contributed by atoms with Gasteiger partial charge in [-0.15, -0.1) is 0 Å². The molecule has 118 valence electrons. The third kappa shape index (κ3) is 3.78. The molecule has 4 N–H and O–H groups in total. The predicted octanol–water partition coefficient (Wildman–Crippen LogP) is -1.40. The molecule has 1 unspecified atom stereocenters. The van der Waals surface area contributed by atoms with Crippen molar-refractivity contribution in [1.29, 1.82) is 0 Å². The fourth-order valence-corrected chi connectivity index (χ4v) is 4.05. The maximum Gasteiger partial charge on any atom is 0.240 e. The fourth-order valence-electron chi connectivity index (χ4n) is 2.11. The van der Waals surface area contributed by atoms with E-state index in [9.17, 15) is 16.8 Å². The van der Waals surface area contributed by atoms with Gasteiger partial charge in [-0.2, -0.15) is 0 Å². The lowest BCUT2D eigenvalue weighted by Crippen LogP contribution is -2.43. The van der Waals surface area contributed by atoms with Crippen molar-refractivity contribution < 1.29 is 21.6 Å². The molecule has 0 radical (unpaired) electrons. The number of rotatable bonds is 5. The van der Waals surface area contributed by atoms with E-state index in [2.05, 4.69) is 10.0 Å². The molecule has 1 aromatic carbocycles. The molecular formula is C11H17N3O5S2. The third-order valence-corrected chi connectivity index (χ3v) is 5.61. The second kappa shape index (κ2) is 5.99. The van der Waals surface area contributed by atoms with E-state index in [0.29, 0.717) is 13.1 Å². The zero-order valence-corrected chi connectivity index (χ0v) is 12.9. The van der Waals surface area contributed by atoms with Gasteiger partial charge in [-0.25, -0.2) is 26.7 Å². The molecule has 0 aromatic heterocycles. The number of hydrogen-bond acceptors (Lipinski definition) is 6. The number of sulfonamides is 2. The van der Waals surface area contributed by atoms with E-state index in [0.717, 1.165) is 6.07 Å². The fraction of sp³-hybridized carbons (Fsp3) is 0.455. The quantitative estimate of drug-likeness (QED) is 0.607. The number of hydrogen-bond donors (Lipinski definition) is 3. The smallest absolute Gasteiger partial charge is 0.240 e. The van der Waals surface area contributed by atoms with Crippen LogP contribution in [-0.4, -0.2) is 49.2 Å². The third-order valence-electron chi connectivity index (χ3n) is 3.21. The molecule has 21 heavy (non-hydrogen) atoms. The maximum absolute atomic E-state index is 12.3. The van der Waals surface area contributed by atoms with Crippen LogP contribution in [0.3, 0.4) is 0 Å². The highest BCUT2D eigenvalue weighted by Gasteiger charge is 2.31. The first-order valence-corrected chi connectivity index (χ1v) is 9.16. The molecule has 1 heterocycles. The summed E-state index contributed by atoms with van der Waals surface area (Å²) in [4.78, 5) is -0.408. The normalized spacial score (nSPS) is 23.3. The van der Waals surface area contributed by atoms with E-state index in [-0.39, 0.29) is 15.9 Å². The number of benzene rings is 1. The second-order valence-corrected chi connectivity index (χ2v) is 7.96. The van der Waals surface area contributed by atoms with Gasteiger partial charge in [-0.1, -0.05) is 6.07 Å². The van der Waals surface area contributed by atoms with Gasteiger partial charge < -0.3 is 10.1 Å². The van der Waals surface area contributed by atoms with Crippen LogP contribution in [0.4, 0.5) is 0 Å². The number of primary sulfonamides is 1. The Balaban J connectivity index is 2.28. The summed E-state index contributed by atoms with van der Waals surface area (Å²) < 4.78 is 54.9. The van der Waals surface area contributed by atoms with Gasteiger partial charge in [-0.05, 0) is 18.2 Å². The van der Waals surface area contributed by atoms with Gasteiger partial charge in [0.2, 0.25) is 20.0 Å². The summed E-state index contributed by atoms with van der Waals surface area (Å²) in [5, 5.41) is 8.02. The molecule has 1 saturated heterocycles. The first-order valence-electron chi connectivity index (χ1n) is 6.13. The van der Waals surface area contributed by atoms with Crippen LogP contribution < -0.4 is 15.2 Å². The lowest BCUT2D eigenvalue weighted by atomic mass is 10.2. The summed E-state index contributed by atoms with van der Waals surface area (Å²) in [7, 11) is -6.32. The van der Waals surface area contributed by atoms with Crippen LogP contribution in [0, 0.1) is 0 Å². The van der Waals surface area contributed by atoms with Gasteiger partial charge in [0.15, 0.2) is 0 Å². The van der Waals surface area contributed by atoms with Crippen LogP contribution in [0.25, 0.3) is 0 Å². The van der Waals surface area contributed by atoms with Crippen molar-refractivity contribution in [2.24, 2.45) is 5.14 Å². The number of nitrogens with two attached hydrogens (primary N) is 1. The SMILES string of the molecule is CO[C@H]1CNCC1NS(=O)(=O)c1cccc(S(N)(=O)=O)c1. The number of ether oxygens (including phenoxy) is 1. The highest BCUT2D eigenvalue weighted by atomic mass is 32.2. The van der Waals surface area contributed by atoms with Crippen LogP contribution in [0.2, 0.25) is 0 Å². The van der Waals surface area contributed by atoms with E-state index in [1.165, 1.54) is 25.3 Å². The van der Waals surface area contributed by atoms with Crippen molar-refractivity contribution in [3.05, 3.63) is 24.3 Å². The minimum Gasteiger partial charge on any atom is -0.378 e. The molecule has 1 aliphatic rings. The molecule has 0 bridgehead atoms. The minimum atomic E-state index is -3.96. The standard InChI is InChI=1S/C11H17N3O5S2/c1-19-11-7-13-6-10(11)14-21(17,18)9-4-2-3-8(5-9)20(12,15)16/h2-5,10-11,13-14H,6-7H2,1H3,(H2,12,15,16)/t10?,11-/m0/s1. The molecule has 10 heteroatoms. The lowest BCUT2D eigenvalue weighted by molar-refractivity contribution is 0.103. The van der Waals surface area contributed by atoms with Crippen molar-refractivity contribution in [3.8, 4) is 0 Å². The Bertz CT molecular complexity index is 717. The van der Waals surface area contributed by atoms with Crippen LogP contribution in [0.15, 0.2) is 34.1 Å². The summed E-state index contributed by atoms with van der Waals surface area (Å²) >= 11 is 0. The molecule has 8 nitrogen and oxygen atoms in total. The van der Waals surface area contributed by atoms with Gasteiger partial charge in [-0.3, -0.25) is 0 Å². The zero-order chi connectivity index (χ0) is 15.7. The van der Waals surface area contributed by atoms with Crippen LogP contribution in [-0.2, 0) is 24.8 Å². The maximum atomic E-state index is 12.3. The molecule has 2 rings (SSSR count). The summed E-state index contributed by atoms with van der Waals surface area (Å²) in [6.07, 6.45) is -0.277. The highest BCUT2D eigenvalue weighted by molar-refractivity contribution is 7.90. The largest absolute Gasteiger partial charge is 0.378 e. The van der Waals surface area contributed by atoms with E-state index >= 15 is 0 Å². The van der Waals surface area contributed by atoms with Crippen LogP contribution in [0.1, 0.15) is 0 Å². The summed E-state index contributed by atoms with van der Waals surface area (Å²) in [5.41, 5.74) is 0. The Morgan fingerprint density at radius 3 is 2.52 bits per heavy atom. The Morgan fingerprint density at radius 1 is 1.24 bits per heavy atom. The summed E-state index contributed by atoms with van der Waals surface area (Å²) in [5.74, 6) is 0. The molecule has 1 fully saturated rings. The van der Waals surface area contributed by atoms with Gasteiger partial charge in [0.25, 0.3) is 0 Å². The van der Waals surface area contributed by atoms with Crippen LogP contribution in [0.5, 0.6) is 0 Å². The predicted molar refractivity (Wildman–Crippen MR) is 75.6 cm³/mol. The Labute approximate surface area is 123 Å². The van der Waals surface area contributed by atoms with Gasteiger partial charge >= 0.3 is 0 Å². The molecule has 0 aliphatic carbocycles. The molecule has 0 saturated carbocycles. The van der Waals surface area contributed by atoms with Crippen molar-refractivity contribution in [3.63, 3.8) is 0 Å². The number of methoxy groups -OCH3 is 1. The highest BCUT2D eigenvalue weighted by Crippen LogP contribution is 2.16. The van der Waals surface area contributed by atoms with Crippen molar-refractivity contribution in [2.45, 2.75) is 21.9 Å². The van der Waals surface area contributed by atoms with Crippen molar-refractivity contribution in [1.82, 2.24) is 10.0 Å². The molecule has 2 atom stereocenters. The summed E-state index contributed by atoms with van der Waals surface area (Å²) in [6, 6.07) is 4.49. The second-order valence-electron chi connectivity index (χ2n) is 4.68. The monoisotopic (exact) mass is 335 g/mol. The molecule has 1 aromatic rings. The first kappa shape index (κ1) is 16.3. The zero-order valence-electron chi connectivity index (χ0n) is 11.3. The minimum absolute atomic E-state index is 0.157.